The average Bonchev–Trinajstić information content (AvgIpc) is 2.70. The van der Waals surface area contributed by atoms with Crippen LogP contribution in [0.1, 0.15) is 19.5 Å². The van der Waals surface area contributed by atoms with Gasteiger partial charge in [-0.15, -0.1) is 0 Å². The Labute approximate surface area is 188 Å². The maximum atomic E-state index is 13.9. The molecule has 32 heavy (non-hydrogen) atoms. The van der Waals surface area contributed by atoms with Crippen LogP contribution in [0.25, 0.3) is 16.9 Å². The van der Waals surface area contributed by atoms with Gasteiger partial charge in [0.05, 0.1) is 28.5 Å². The predicted molar refractivity (Wildman–Crippen MR) is 119 cm³/mol. The summed E-state index contributed by atoms with van der Waals surface area (Å²) < 4.78 is 16.0. The zero-order valence-corrected chi connectivity index (χ0v) is 18.5. The van der Waals surface area contributed by atoms with E-state index in [4.69, 9.17) is 11.6 Å². The fraction of sp³-hybridized carbons (Fsp3) is 0.318. The van der Waals surface area contributed by atoms with E-state index in [0.29, 0.717) is 30.2 Å². The van der Waals surface area contributed by atoms with Crippen molar-refractivity contribution in [3.8, 4) is 23.0 Å². The lowest BCUT2D eigenvalue weighted by Crippen LogP contribution is -2.56. The minimum absolute atomic E-state index is 0.0257. The van der Waals surface area contributed by atoms with Crippen LogP contribution in [0, 0.1) is 29.5 Å². The highest BCUT2D eigenvalue weighted by Crippen LogP contribution is 2.38. The summed E-state index contributed by atoms with van der Waals surface area (Å²) >= 11 is 6.01. The summed E-state index contributed by atoms with van der Waals surface area (Å²) in [6.07, 6.45) is 2.81. The number of benzene rings is 1. The Morgan fingerprint density at radius 1 is 1.25 bits per heavy atom. The van der Waals surface area contributed by atoms with Gasteiger partial charge in [0.1, 0.15) is 18.2 Å². The van der Waals surface area contributed by atoms with Gasteiger partial charge in [0.25, 0.3) is 5.56 Å². The number of aryl methyl sites for hydroxylation is 1. The van der Waals surface area contributed by atoms with Gasteiger partial charge in [0.2, 0.25) is 0 Å². The van der Waals surface area contributed by atoms with E-state index in [9.17, 15) is 19.2 Å². The molecule has 0 saturated carbocycles. The van der Waals surface area contributed by atoms with Gasteiger partial charge < -0.3 is 4.90 Å². The summed E-state index contributed by atoms with van der Waals surface area (Å²) in [4.78, 5) is 37.3. The Bertz CT molecular complexity index is 1380. The molecule has 1 aliphatic rings. The van der Waals surface area contributed by atoms with Gasteiger partial charge in [-0.2, -0.15) is 5.26 Å². The number of halogens is 2. The molecule has 2 aromatic heterocycles. The van der Waals surface area contributed by atoms with Crippen molar-refractivity contribution < 1.29 is 4.39 Å². The SMILES string of the molecule is Cc1cncc(-n2c(=O)c(-c3ccc(F)c(Cl)c3)c(N3CC(C)(C)C3)n(CC#N)c2=O)n1. The fourth-order valence-electron chi connectivity index (χ4n) is 3.98. The highest BCUT2D eigenvalue weighted by atomic mass is 35.5. The minimum atomic E-state index is -0.701. The highest BCUT2D eigenvalue weighted by molar-refractivity contribution is 6.31. The van der Waals surface area contributed by atoms with Gasteiger partial charge in [0.15, 0.2) is 5.82 Å². The molecular formula is C22H20ClFN6O2. The van der Waals surface area contributed by atoms with E-state index in [-0.39, 0.29) is 28.4 Å². The summed E-state index contributed by atoms with van der Waals surface area (Å²) in [5.41, 5.74) is -0.384. The maximum absolute atomic E-state index is 13.9. The van der Waals surface area contributed by atoms with Crippen molar-refractivity contribution >= 4 is 17.4 Å². The van der Waals surface area contributed by atoms with Gasteiger partial charge in [-0.1, -0.05) is 31.5 Å². The molecule has 0 spiro atoms. The number of anilines is 1. The van der Waals surface area contributed by atoms with Crippen molar-refractivity contribution in [3.05, 3.63) is 68.0 Å². The topological polar surface area (TPSA) is 96.8 Å². The fourth-order valence-corrected chi connectivity index (χ4v) is 4.16. The summed E-state index contributed by atoms with van der Waals surface area (Å²) in [7, 11) is 0. The first-order valence-corrected chi connectivity index (χ1v) is 10.3. The summed E-state index contributed by atoms with van der Waals surface area (Å²) in [6, 6.07) is 5.93. The second-order valence-electron chi connectivity index (χ2n) is 8.53. The monoisotopic (exact) mass is 454 g/mol. The third-order valence-electron chi connectivity index (χ3n) is 5.26. The summed E-state index contributed by atoms with van der Waals surface area (Å²) in [6.45, 7) is 6.68. The maximum Gasteiger partial charge on any atom is 0.339 e. The molecule has 3 aromatic rings. The van der Waals surface area contributed by atoms with Crippen molar-refractivity contribution in [3.63, 3.8) is 0 Å². The van der Waals surface area contributed by atoms with Gasteiger partial charge in [-0.25, -0.2) is 18.7 Å². The molecule has 0 amide bonds. The van der Waals surface area contributed by atoms with Crippen molar-refractivity contribution in [2.75, 3.05) is 18.0 Å². The second kappa shape index (κ2) is 7.88. The standard InChI is InChI=1S/C22H20ClFN6O2/c1-13-9-26-10-17(27-13)30-20(31)18(14-4-5-16(24)15(23)8-14)19(28-11-22(2,3)12-28)29(7-6-25)21(30)32/h4-5,8-10H,7,11-12H2,1-3H3. The third kappa shape index (κ3) is 3.67. The molecule has 1 aliphatic heterocycles. The molecule has 0 atom stereocenters. The Hall–Kier alpha value is -3.51. The van der Waals surface area contributed by atoms with Crippen molar-refractivity contribution in [1.29, 1.82) is 5.26 Å². The smallest absolute Gasteiger partial charge is 0.339 e. The number of aromatic nitrogens is 4. The molecule has 1 aromatic carbocycles. The lowest BCUT2D eigenvalue weighted by atomic mass is 9.84. The number of nitrogens with zero attached hydrogens (tertiary/aromatic N) is 6. The van der Waals surface area contributed by atoms with Crippen molar-refractivity contribution in [1.82, 2.24) is 19.1 Å². The van der Waals surface area contributed by atoms with E-state index in [0.717, 1.165) is 10.6 Å². The second-order valence-corrected chi connectivity index (χ2v) is 8.94. The molecular weight excluding hydrogens is 435 g/mol. The molecule has 10 heteroatoms. The third-order valence-corrected chi connectivity index (χ3v) is 5.55. The number of nitriles is 1. The van der Waals surface area contributed by atoms with Crippen LogP contribution < -0.4 is 16.1 Å². The summed E-state index contributed by atoms with van der Waals surface area (Å²) in [5, 5.41) is 9.29. The zero-order valence-electron chi connectivity index (χ0n) is 17.8. The van der Waals surface area contributed by atoms with Crippen LogP contribution in [0.15, 0.2) is 40.2 Å². The minimum Gasteiger partial charge on any atom is -0.356 e. The van der Waals surface area contributed by atoms with E-state index in [2.05, 4.69) is 23.8 Å². The van der Waals surface area contributed by atoms with Crippen LogP contribution in [0.2, 0.25) is 5.02 Å². The van der Waals surface area contributed by atoms with E-state index in [1.165, 1.54) is 29.1 Å². The molecule has 8 nitrogen and oxygen atoms in total. The first kappa shape index (κ1) is 21.7. The Balaban J connectivity index is 2.11. The van der Waals surface area contributed by atoms with Crippen LogP contribution in [-0.4, -0.2) is 32.2 Å². The molecule has 0 radical (unpaired) electrons. The highest BCUT2D eigenvalue weighted by Gasteiger charge is 2.38. The van der Waals surface area contributed by atoms with Gasteiger partial charge in [-0.05, 0) is 30.0 Å². The molecule has 3 heterocycles. The van der Waals surface area contributed by atoms with Gasteiger partial charge >= 0.3 is 5.69 Å². The Kier molecular flexibility index (Phi) is 5.34. The molecule has 1 saturated heterocycles. The molecule has 0 N–H and O–H groups in total. The quantitative estimate of drug-likeness (QED) is 0.601. The van der Waals surface area contributed by atoms with Crippen molar-refractivity contribution in [2.24, 2.45) is 5.41 Å². The van der Waals surface area contributed by atoms with Crippen LogP contribution in [-0.2, 0) is 6.54 Å². The predicted octanol–water partition coefficient (Wildman–Crippen LogP) is 2.93. The molecule has 164 valence electrons. The molecule has 0 aliphatic carbocycles. The number of rotatable bonds is 4. The van der Waals surface area contributed by atoms with E-state index < -0.39 is 17.1 Å². The molecule has 4 rings (SSSR count). The Morgan fingerprint density at radius 2 is 1.97 bits per heavy atom. The number of hydrogen-bond donors (Lipinski definition) is 0. The van der Waals surface area contributed by atoms with E-state index >= 15 is 0 Å². The average molecular weight is 455 g/mol. The van der Waals surface area contributed by atoms with E-state index in [1.54, 1.807) is 6.92 Å². The van der Waals surface area contributed by atoms with Crippen LogP contribution in [0.4, 0.5) is 10.2 Å². The normalized spacial score (nSPS) is 14.7. The first-order valence-electron chi connectivity index (χ1n) is 9.89. The largest absolute Gasteiger partial charge is 0.356 e. The lowest BCUT2D eigenvalue weighted by Gasteiger charge is -2.48. The van der Waals surface area contributed by atoms with Crippen LogP contribution >= 0.6 is 11.6 Å². The molecule has 1 fully saturated rings. The molecule has 0 bridgehead atoms. The number of hydrogen-bond acceptors (Lipinski definition) is 6. The summed E-state index contributed by atoms with van der Waals surface area (Å²) in [5.74, 6) is -0.283. The van der Waals surface area contributed by atoms with Gasteiger partial charge in [0, 0.05) is 19.3 Å². The Morgan fingerprint density at radius 3 is 2.56 bits per heavy atom. The zero-order chi connectivity index (χ0) is 23.2. The van der Waals surface area contributed by atoms with E-state index in [1.807, 2.05) is 11.0 Å². The lowest BCUT2D eigenvalue weighted by molar-refractivity contribution is 0.272. The van der Waals surface area contributed by atoms with Crippen molar-refractivity contribution in [2.45, 2.75) is 27.3 Å². The first-order chi connectivity index (χ1) is 15.1. The van der Waals surface area contributed by atoms with Gasteiger partial charge in [-0.3, -0.25) is 14.3 Å². The van der Waals surface area contributed by atoms with Crippen LogP contribution in [0.3, 0.4) is 0 Å². The van der Waals surface area contributed by atoms with Crippen LogP contribution in [0.5, 0.6) is 0 Å². The molecule has 0 unspecified atom stereocenters.